The zero-order valence-corrected chi connectivity index (χ0v) is 12.8. The van der Waals surface area contributed by atoms with Crippen molar-refractivity contribution in [2.75, 3.05) is 6.61 Å². The van der Waals surface area contributed by atoms with Gasteiger partial charge in [0.15, 0.2) is 5.82 Å². The molecule has 0 aliphatic rings. The molecule has 0 bridgehead atoms. The zero-order valence-electron chi connectivity index (χ0n) is 12.0. The van der Waals surface area contributed by atoms with E-state index in [2.05, 4.69) is 15.5 Å². The lowest BCUT2D eigenvalue weighted by Gasteiger charge is -2.05. The first-order valence-electron chi connectivity index (χ1n) is 6.76. The van der Waals surface area contributed by atoms with Crippen LogP contribution in [0.1, 0.15) is 15.2 Å². The molecule has 112 valence electrons. The van der Waals surface area contributed by atoms with Gasteiger partial charge in [0.2, 0.25) is 0 Å². The average Bonchev–Trinajstić information content (AvgIpc) is 3.19. The van der Waals surface area contributed by atoms with Crippen molar-refractivity contribution in [2.24, 2.45) is 7.05 Å². The molecule has 22 heavy (non-hydrogen) atoms. The van der Waals surface area contributed by atoms with E-state index in [-0.39, 0.29) is 5.97 Å². The Kier molecular flexibility index (Phi) is 4.24. The van der Waals surface area contributed by atoms with E-state index in [1.165, 1.54) is 4.88 Å². The van der Waals surface area contributed by atoms with E-state index in [0.717, 1.165) is 12.0 Å². The highest BCUT2D eigenvalue weighted by Crippen LogP contribution is 2.16. The smallest absolute Gasteiger partial charge is 0.338 e. The number of aryl methyl sites for hydroxylation is 1. The molecule has 2 heterocycles. The van der Waals surface area contributed by atoms with E-state index in [1.54, 1.807) is 35.2 Å². The molecule has 7 heteroatoms. The van der Waals surface area contributed by atoms with Crippen LogP contribution in [-0.2, 0) is 18.2 Å². The minimum absolute atomic E-state index is 0.320. The molecule has 0 saturated heterocycles. The Morgan fingerprint density at radius 3 is 2.73 bits per heavy atom. The fourth-order valence-electron chi connectivity index (χ4n) is 2.01. The number of benzene rings is 1. The number of esters is 1. The number of hydrogen-bond acceptors (Lipinski definition) is 6. The molecule has 3 rings (SSSR count). The second-order valence-electron chi connectivity index (χ2n) is 4.67. The number of aromatic nitrogens is 4. The lowest BCUT2D eigenvalue weighted by atomic mass is 10.1. The van der Waals surface area contributed by atoms with E-state index in [1.807, 2.05) is 29.6 Å². The van der Waals surface area contributed by atoms with Crippen molar-refractivity contribution >= 4 is 17.3 Å². The minimum atomic E-state index is -0.320. The van der Waals surface area contributed by atoms with Crippen molar-refractivity contribution in [2.45, 2.75) is 6.42 Å². The van der Waals surface area contributed by atoms with Gasteiger partial charge in [-0.2, -0.15) is 0 Å². The molecule has 1 aromatic carbocycles. The maximum absolute atomic E-state index is 12.0. The highest BCUT2D eigenvalue weighted by molar-refractivity contribution is 7.09. The van der Waals surface area contributed by atoms with Crippen molar-refractivity contribution in [1.29, 1.82) is 0 Å². The lowest BCUT2D eigenvalue weighted by Crippen LogP contribution is -2.07. The highest BCUT2D eigenvalue weighted by atomic mass is 32.1. The van der Waals surface area contributed by atoms with E-state index in [0.29, 0.717) is 18.0 Å². The molecular formula is C15H14N4O2S. The molecule has 0 unspecified atom stereocenters. The van der Waals surface area contributed by atoms with Gasteiger partial charge >= 0.3 is 5.97 Å². The Morgan fingerprint density at radius 1 is 1.27 bits per heavy atom. The Balaban J connectivity index is 1.60. The summed E-state index contributed by atoms with van der Waals surface area (Å²) in [6, 6.07) is 11.1. The van der Waals surface area contributed by atoms with Crippen LogP contribution in [0.5, 0.6) is 0 Å². The zero-order chi connectivity index (χ0) is 15.4. The van der Waals surface area contributed by atoms with Crippen LogP contribution in [0.2, 0.25) is 0 Å². The Bertz CT molecular complexity index is 750. The molecule has 0 fully saturated rings. The SMILES string of the molecule is Cn1nnnc1-c1ccc(C(=O)OCCc2cccs2)cc1. The number of tetrazole rings is 1. The molecule has 0 spiro atoms. The number of rotatable bonds is 5. The Morgan fingerprint density at radius 2 is 2.09 bits per heavy atom. The minimum Gasteiger partial charge on any atom is -0.462 e. The summed E-state index contributed by atoms with van der Waals surface area (Å²) in [5.74, 6) is 0.330. The van der Waals surface area contributed by atoms with Crippen LogP contribution < -0.4 is 0 Å². The van der Waals surface area contributed by atoms with Gasteiger partial charge < -0.3 is 4.74 Å². The van der Waals surface area contributed by atoms with Crippen LogP contribution in [0.3, 0.4) is 0 Å². The summed E-state index contributed by atoms with van der Waals surface area (Å²) >= 11 is 1.66. The summed E-state index contributed by atoms with van der Waals surface area (Å²) in [4.78, 5) is 13.2. The number of carbonyl (C=O) groups excluding carboxylic acids is 1. The third kappa shape index (κ3) is 3.20. The van der Waals surface area contributed by atoms with E-state index in [9.17, 15) is 4.79 Å². The van der Waals surface area contributed by atoms with E-state index in [4.69, 9.17) is 4.74 Å². The number of nitrogens with zero attached hydrogens (tertiary/aromatic N) is 4. The van der Waals surface area contributed by atoms with Crippen molar-refractivity contribution in [1.82, 2.24) is 20.2 Å². The Labute approximate surface area is 131 Å². The van der Waals surface area contributed by atoms with Crippen LogP contribution in [-0.4, -0.2) is 32.8 Å². The second kappa shape index (κ2) is 6.48. The average molecular weight is 314 g/mol. The molecule has 0 amide bonds. The predicted molar refractivity (Wildman–Crippen MR) is 82.5 cm³/mol. The third-order valence-corrected chi connectivity index (χ3v) is 4.10. The molecule has 0 N–H and O–H groups in total. The van der Waals surface area contributed by atoms with Gasteiger partial charge in [-0.1, -0.05) is 18.2 Å². The van der Waals surface area contributed by atoms with Crippen molar-refractivity contribution in [3.8, 4) is 11.4 Å². The molecule has 3 aromatic rings. The molecule has 2 aromatic heterocycles. The quantitative estimate of drug-likeness (QED) is 0.676. The van der Waals surface area contributed by atoms with E-state index >= 15 is 0 Å². The van der Waals surface area contributed by atoms with Gasteiger partial charge in [-0.3, -0.25) is 0 Å². The molecule has 0 aliphatic heterocycles. The van der Waals surface area contributed by atoms with Gasteiger partial charge in [0.05, 0.1) is 12.2 Å². The summed E-state index contributed by atoms with van der Waals surface area (Å²) in [7, 11) is 1.77. The summed E-state index contributed by atoms with van der Waals surface area (Å²) in [6.07, 6.45) is 0.742. The van der Waals surface area contributed by atoms with Crippen molar-refractivity contribution in [3.63, 3.8) is 0 Å². The number of thiophene rings is 1. The van der Waals surface area contributed by atoms with Gasteiger partial charge in [0.1, 0.15) is 0 Å². The normalized spacial score (nSPS) is 10.6. The summed E-state index contributed by atoms with van der Waals surface area (Å²) in [5, 5.41) is 13.3. The lowest BCUT2D eigenvalue weighted by molar-refractivity contribution is 0.0510. The Hall–Kier alpha value is -2.54. The number of hydrogen-bond donors (Lipinski definition) is 0. The maximum atomic E-state index is 12.0. The van der Waals surface area contributed by atoms with Gasteiger partial charge in [-0.15, -0.1) is 16.4 Å². The highest BCUT2D eigenvalue weighted by Gasteiger charge is 2.10. The van der Waals surface area contributed by atoms with Crippen LogP contribution in [0.15, 0.2) is 41.8 Å². The van der Waals surface area contributed by atoms with Crippen molar-refractivity contribution in [3.05, 3.63) is 52.2 Å². The van der Waals surface area contributed by atoms with Gasteiger partial charge in [0, 0.05) is 23.9 Å². The van der Waals surface area contributed by atoms with Crippen LogP contribution >= 0.6 is 11.3 Å². The first kappa shape index (κ1) is 14.4. The number of ether oxygens (including phenoxy) is 1. The molecule has 6 nitrogen and oxygen atoms in total. The monoisotopic (exact) mass is 314 g/mol. The first-order chi connectivity index (χ1) is 10.7. The fourth-order valence-corrected chi connectivity index (χ4v) is 2.70. The first-order valence-corrected chi connectivity index (χ1v) is 7.64. The van der Waals surface area contributed by atoms with Crippen LogP contribution in [0.25, 0.3) is 11.4 Å². The molecule has 0 aliphatic carbocycles. The summed E-state index contributed by atoms with van der Waals surface area (Å²) in [5.41, 5.74) is 1.37. The summed E-state index contributed by atoms with van der Waals surface area (Å²) < 4.78 is 6.86. The van der Waals surface area contributed by atoms with Crippen LogP contribution in [0.4, 0.5) is 0 Å². The topological polar surface area (TPSA) is 69.9 Å². The summed E-state index contributed by atoms with van der Waals surface area (Å²) in [6.45, 7) is 0.383. The number of carbonyl (C=O) groups is 1. The fraction of sp³-hybridized carbons (Fsp3) is 0.200. The molecular weight excluding hydrogens is 300 g/mol. The van der Waals surface area contributed by atoms with E-state index < -0.39 is 0 Å². The van der Waals surface area contributed by atoms with Crippen molar-refractivity contribution < 1.29 is 9.53 Å². The third-order valence-electron chi connectivity index (χ3n) is 3.16. The largest absolute Gasteiger partial charge is 0.462 e. The second-order valence-corrected chi connectivity index (χ2v) is 5.70. The molecule has 0 saturated carbocycles. The molecule has 0 atom stereocenters. The predicted octanol–water partition coefficient (Wildman–Crippen LogP) is 2.34. The molecule has 0 radical (unpaired) electrons. The van der Waals surface area contributed by atoms with Gasteiger partial charge in [-0.05, 0) is 34.0 Å². The van der Waals surface area contributed by atoms with Gasteiger partial charge in [-0.25, -0.2) is 9.48 Å². The van der Waals surface area contributed by atoms with Gasteiger partial charge in [0.25, 0.3) is 0 Å². The van der Waals surface area contributed by atoms with Crippen LogP contribution in [0, 0.1) is 0 Å². The maximum Gasteiger partial charge on any atom is 0.338 e. The standard InChI is InChI=1S/C15H14N4O2S/c1-19-14(16-17-18-19)11-4-6-12(7-5-11)15(20)21-9-8-13-3-2-10-22-13/h2-7,10H,8-9H2,1H3.